The highest BCUT2D eigenvalue weighted by molar-refractivity contribution is 6.45. The molecule has 0 fully saturated rings. The molecule has 0 aliphatic rings. The fourth-order valence-electron chi connectivity index (χ4n) is 1.08. The number of ether oxygens (including phenoxy) is 1. The number of ketones is 1. The molecule has 1 aromatic rings. The van der Waals surface area contributed by atoms with Crippen molar-refractivity contribution in [1.82, 2.24) is 0 Å². The van der Waals surface area contributed by atoms with Gasteiger partial charge in [0.15, 0.2) is 0 Å². The van der Waals surface area contributed by atoms with Crippen molar-refractivity contribution in [3.8, 4) is 0 Å². The molecular weight excluding hydrogens is 228 g/mol. The van der Waals surface area contributed by atoms with Crippen LogP contribution in [0.4, 0.5) is 0 Å². The predicted octanol–water partition coefficient (Wildman–Crippen LogP) is 2.86. The fourth-order valence-corrected chi connectivity index (χ4v) is 1.30. The van der Waals surface area contributed by atoms with Crippen LogP contribution in [-0.2, 0) is 9.53 Å². The minimum Gasteiger partial charge on any atom is -0.454 e. The first-order chi connectivity index (χ1) is 7.31. The molecule has 0 heterocycles. The zero-order chi connectivity index (χ0) is 12.3. The van der Waals surface area contributed by atoms with E-state index in [0.29, 0.717) is 0 Å². The SMILES string of the molecule is CC(C)(C)OC(=O)C(=O)c1ccccc1Cl. The molecule has 86 valence electrons. The largest absolute Gasteiger partial charge is 0.454 e. The highest BCUT2D eigenvalue weighted by Crippen LogP contribution is 2.17. The van der Waals surface area contributed by atoms with Gasteiger partial charge in [0, 0.05) is 5.56 Å². The van der Waals surface area contributed by atoms with Crippen LogP contribution in [0.3, 0.4) is 0 Å². The monoisotopic (exact) mass is 240 g/mol. The average Bonchev–Trinajstić information content (AvgIpc) is 2.15. The molecule has 0 amide bonds. The number of benzene rings is 1. The van der Waals surface area contributed by atoms with Crippen LogP contribution in [0.2, 0.25) is 5.02 Å². The Labute approximate surface area is 99.4 Å². The van der Waals surface area contributed by atoms with Crippen molar-refractivity contribution in [3.63, 3.8) is 0 Å². The van der Waals surface area contributed by atoms with Crippen LogP contribution in [0, 0.1) is 0 Å². The molecule has 0 radical (unpaired) electrons. The summed E-state index contributed by atoms with van der Waals surface area (Å²) in [5, 5.41) is 0.248. The summed E-state index contributed by atoms with van der Waals surface area (Å²) in [7, 11) is 0. The van der Waals surface area contributed by atoms with Gasteiger partial charge in [-0.25, -0.2) is 4.79 Å². The fraction of sp³-hybridized carbons (Fsp3) is 0.333. The molecule has 0 spiro atoms. The molecular formula is C12H13ClO3. The van der Waals surface area contributed by atoms with Gasteiger partial charge in [-0.05, 0) is 32.9 Å². The molecule has 1 rings (SSSR count). The maximum Gasteiger partial charge on any atom is 0.380 e. The van der Waals surface area contributed by atoms with Crippen LogP contribution < -0.4 is 0 Å². The third-order valence-corrected chi connectivity index (χ3v) is 2.03. The van der Waals surface area contributed by atoms with Crippen molar-refractivity contribution in [2.45, 2.75) is 26.4 Å². The van der Waals surface area contributed by atoms with Gasteiger partial charge in [0.25, 0.3) is 5.78 Å². The third-order valence-electron chi connectivity index (χ3n) is 1.70. The number of halogens is 1. The number of esters is 1. The van der Waals surface area contributed by atoms with Crippen LogP contribution >= 0.6 is 11.6 Å². The molecule has 0 saturated heterocycles. The Balaban J connectivity index is 2.88. The van der Waals surface area contributed by atoms with Crippen molar-refractivity contribution in [1.29, 1.82) is 0 Å². The zero-order valence-electron chi connectivity index (χ0n) is 9.41. The number of hydrogen-bond acceptors (Lipinski definition) is 3. The van der Waals surface area contributed by atoms with Crippen LogP contribution in [0.5, 0.6) is 0 Å². The molecule has 1 aromatic carbocycles. The van der Waals surface area contributed by atoms with E-state index in [1.54, 1.807) is 39.0 Å². The Morgan fingerprint density at radius 1 is 1.19 bits per heavy atom. The number of Topliss-reactive ketones (excluding diaryl/α,β-unsaturated/α-hetero) is 1. The van der Waals surface area contributed by atoms with Gasteiger partial charge >= 0.3 is 5.97 Å². The van der Waals surface area contributed by atoms with Crippen molar-refractivity contribution < 1.29 is 14.3 Å². The summed E-state index contributed by atoms with van der Waals surface area (Å²) in [6.45, 7) is 5.10. The first-order valence-electron chi connectivity index (χ1n) is 4.83. The molecule has 3 nitrogen and oxygen atoms in total. The van der Waals surface area contributed by atoms with Gasteiger partial charge in [-0.2, -0.15) is 0 Å². The van der Waals surface area contributed by atoms with Gasteiger partial charge in [0.1, 0.15) is 5.60 Å². The number of carbonyl (C=O) groups is 2. The second kappa shape index (κ2) is 4.66. The summed E-state index contributed by atoms with van der Waals surface area (Å²) >= 11 is 5.81. The minimum absolute atomic E-state index is 0.165. The molecule has 0 atom stereocenters. The molecule has 0 aromatic heterocycles. The normalized spacial score (nSPS) is 11.0. The summed E-state index contributed by atoms with van der Waals surface area (Å²) in [6.07, 6.45) is 0. The Morgan fingerprint density at radius 2 is 1.75 bits per heavy atom. The summed E-state index contributed by atoms with van der Waals surface area (Å²) in [4.78, 5) is 23.2. The van der Waals surface area contributed by atoms with E-state index < -0.39 is 17.4 Å². The minimum atomic E-state index is -0.888. The van der Waals surface area contributed by atoms with Crippen LogP contribution in [0.25, 0.3) is 0 Å². The molecule has 4 heteroatoms. The summed E-state index contributed by atoms with van der Waals surface area (Å²) in [6, 6.07) is 6.38. The lowest BCUT2D eigenvalue weighted by atomic mass is 10.1. The third kappa shape index (κ3) is 3.35. The number of carbonyl (C=O) groups excluding carboxylic acids is 2. The van der Waals surface area contributed by atoms with Crippen LogP contribution in [-0.4, -0.2) is 17.4 Å². The molecule has 16 heavy (non-hydrogen) atoms. The van der Waals surface area contributed by atoms with E-state index in [4.69, 9.17) is 16.3 Å². The van der Waals surface area contributed by atoms with E-state index in [2.05, 4.69) is 0 Å². The van der Waals surface area contributed by atoms with E-state index >= 15 is 0 Å². The van der Waals surface area contributed by atoms with Gasteiger partial charge in [0.2, 0.25) is 0 Å². The standard InChI is InChI=1S/C12H13ClO3/c1-12(2,3)16-11(15)10(14)8-6-4-5-7-9(8)13/h4-7H,1-3H3. The summed E-state index contributed by atoms with van der Waals surface area (Å²) in [5.74, 6) is -1.61. The van der Waals surface area contributed by atoms with Gasteiger partial charge in [-0.15, -0.1) is 0 Å². The van der Waals surface area contributed by atoms with Crippen molar-refractivity contribution >= 4 is 23.4 Å². The molecule has 0 saturated carbocycles. The molecule has 0 aliphatic carbocycles. The van der Waals surface area contributed by atoms with Gasteiger partial charge in [-0.1, -0.05) is 23.7 Å². The van der Waals surface area contributed by atoms with Crippen molar-refractivity contribution in [2.75, 3.05) is 0 Å². The highest BCUT2D eigenvalue weighted by Gasteiger charge is 2.25. The van der Waals surface area contributed by atoms with E-state index in [1.807, 2.05) is 0 Å². The second-order valence-corrected chi connectivity index (χ2v) is 4.72. The maximum absolute atomic E-state index is 11.7. The zero-order valence-corrected chi connectivity index (χ0v) is 10.2. The Morgan fingerprint density at radius 3 is 2.25 bits per heavy atom. The smallest absolute Gasteiger partial charge is 0.380 e. The first kappa shape index (κ1) is 12.7. The lowest BCUT2D eigenvalue weighted by molar-refractivity contribution is -0.148. The van der Waals surface area contributed by atoms with Gasteiger partial charge in [0.05, 0.1) is 5.02 Å². The lowest BCUT2D eigenvalue weighted by Crippen LogP contribution is -2.29. The topological polar surface area (TPSA) is 43.4 Å². The van der Waals surface area contributed by atoms with E-state index in [1.165, 1.54) is 6.07 Å². The molecule has 0 aliphatic heterocycles. The van der Waals surface area contributed by atoms with E-state index in [9.17, 15) is 9.59 Å². The Kier molecular flexibility index (Phi) is 3.70. The molecule has 0 unspecified atom stereocenters. The number of rotatable bonds is 2. The molecule has 0 bridgehead atoms. The van der Waals surface area contributed by atoms with E-state index in [-0.39, 0.29) is 10.6 Å². The van der Waals surface area contributed by atoms with Gasteiger partial charge in [-0.3, -0.25) is 4.79 Å². The van der Waals surface area contributed by atoms with Crippen molar-refractivity contribution in [2.24, 2.45) is 0 Å². The second-order valence-electron chi connectivity index (χ2n) is 4.31. The van der Waals surface area contributed by atoms with E-state index in [0.717, 1.165) is 0 Å². The van der Waals surface area contributed by atoms with Crippen LogP contribution in [0.1, 0.15) is 31.1 Å². The maximum atomic E-state index is 11.7. The van der Waals surface area contributed by atoms with Gasteiger partial charge < -0.3 is 4.74 Å². The van der Waals surface area contributed by atoms with Crippen LogP contribution in [0.15, 0.2) is 24.3 Å². The van der Waals surface area contributed by atoms with Crippen molar-refractivity contribution in [3.05, 3.63) is 34.9 Å². The average molecular weight is 241 g/mol. The first-order valence-corrected chi connectivity index (χ1v) is 5.21. The number of hydrogen-bond donors (Lipinski definition) is 0. The lowest BCUT2D eigenvalue weighted by Gasteiger charge is -2.18. The predicted molar refractivity (Wildman–Crippen MR) is 61.6 cm³/mol. The summed E-state index contributed by atoms with van der Waals surface area (Å²) in [5.41, 5.74) is -0.521. The summed E-state index contributed by atoms with van der Waals surface area (Å²) < 4.78 is 4.96. The Hall–Kier alpha value is -1.35. The quantitative estimate of drug-likeness (QED) is 0.454. The molecule has 0 N–H and O–H groups in total. The Bertz CT molecular complexity index is 419. The highest BCUT2D eigenvalue weighted by atomic mass is 35.5.